The Balaban J connectivity index is 1.46. The molecule has 0 fully saturated rings. The Morgan fingerprint density at radius 3 is 2.35 bits per heavy atom. The number of fused-ring (bicyclic) bond motifs is 3. The fraction of sp³-hybridized carbons (Fsp3) is 0.0909. The van der Waals surface area contributed by atoms with Gasteiger partial charge in [0.25, 0.3) is 0 Å². The lowest BCUT2D eigenvalue weighted by molar-refractivity contribution is 0.0496. The summed E-state index contributed by atoms with van der Waals surface area (Å²) in [5.41, 5.74) is 1.14. The quantitative estimate of drug-likeness (QED) is 0.349. The smallest absolute Gasteiger partial charge is 0.338 e. The molecule has 0 bridgehead atoms. The van der Waals surface area contributed by atoms with Crippen LogP contribution in [0.5, 0.6) is 0 Å². The second kappa shape index (κ2) is 7.10. The Hall–Kier alpha value is -2.98. The van der Waals surface area contributed by atoms with E-state index in [4.69, 9.17) is 4.74 Å². The van der Waals surface area contributed by atoms with E-state index in [2.05, 4.69) is 12.1 Å². The third kappa shape index (κ3) is 3.24. The summed E-state index contributed by atoms with van der Waals surface area (Å²) in [4.78, 5) is 24.4. The van der Waals surface area contributed by atoms with Gasteiger partial charge in [0.1, 0.15) is 0 Å². The number of carbonyl (C=O) groups excluding carboxylic acids is 2. The van der Waals surface area contributed by atoms with Crippen LogP contribution in [0.4, 0.5) is 0 Å². The van der Waals surface area contributed by atoms with Gasteiger partial charge in [0, 0.05) is 32.2 Å². The van der Waals surface area contributed by atoms with Gasteiger partial charge in [0.2, 0.25) is 0 Å². The predicted octanol–water partition coefficient (Wildman–Crippen LogP) is 5.48. The largest absolute Gasteiger partial charge is 0.462 e. The third-order valence-corrected chi connectivity index (χ3v) is 5.42. The summed E-state index contributed by atoms with van der Waals surface area (Å²) in [6.45, 7) is 0.0784. The number of Topliss-reactive ketones (excluding diaryl/α,β-unsaturated/α-hetero) is 1. The molecule has 4 heteroatoms. The first-order valence-electron chi connectivity index (χ1n) is 8.39. The van der Waals surface area contributed by atoms with Crippen molar-refractivity contribution in [2.45, 2.75) is 6.42 Å². The molecule has 0 aliphatic heterocycles. The Labute approximate surface area is 154 Å². The molecule has 0 aliphatic rings. The van der Waals surface area contributed by atoms with Crippen LogP contribution in [-0.2, 0) is 4.74 Å². The molecule has 26 heavy (non-hydrogen) atoms. The number of hydrogen-bond donors (Lipinski definition) is 0. The Morgan fingerprint density at radius 1 is 0.769 bits per heavy atom. The highest BCUT2D eigenvalue weighted by atomic mass is 32.1. The van der Waals surface area contributed by atoms with E-state index in [0.29, 0.717) is 11.1 Å². The highest BCUT2D eigenvalue weighted by molar-refractivity contribution is 7.25. The number of carbonyl (C=O) groups is 2. The first kappa shape index (κ1) is 16.5. The molecule has 0 radical (unpaired) electrons. The maximum atomic E-state index is 12.5. The standard InChI is InChI=1S/C22H16O3S/c23-19(12-13-25-22(24)15-6-2-1-3-7-15)16-10-11-21-18(14-16)17-8-4-5-9-20(17)26-21/h1-11,14H,12-13H2. The van der Waals surface area contributed by atoms with Crippen molar-refractivity contribution in [3.8, 4) is 0 Å². The van der Waals surface area contributed by atoms with Gasteiger partial charge in [0.05, 0.1) is 12.2 Å². The fourth-order valence-corrected chi connectivity index (χ4v) is 4.02. The zero-order valence-corrected chi connectivity index (χ0v) is 14.8. The lowest BCUT2D eigenvalue weighted by Gasteiger charge is -2.05. The minimum Gasteiger partial charge on any atom is -0.462 e. The molecule has 128 valence electrons. The molecule has 4 aromatic rings. The summed E-state index contributed by atoms with van der Waals surface area (Å²) >= 11 is 1.72. The van der Waals surface area contributed by atoms with Crippen molar-refractivity contribution in [3.05, 3.63) is 83.9 Å². The van der Waals surface area contributed by atoms with Gasteiger partial charge in [-0.25, -0.2) is 4.79 Å². The van der Waals surface area contributed by atoms with Crippen LogP contribution in [0.3, 0.4) is 0 Å². The number of ether oxygens (including phenoxy) is 1. The summed E-state index contributed by atoms with van der Waals surface area (Å²) < 4.78 is 7.58. The van der Waals surface area contributed by atoms with Gasteiger partial charge in [0.15, 0.2) is 5.78 Å². The summed E-state index contributed by atoms with van der Waals surface area (Å²) in [5.74, 6) is -0.430. The molecule has 0 saturated carbocycles. The van der Waals surface area contributed by atoms with Crippen molar-refractivity contribution in [1.29, 1.82) is 0 Å². The van der Waals surface area contributed by atoms with Crippen LogP contribution >= 0.6 is 11.3 Å². The number of thiophene rings is 1. The average molecular weight is 360 g/mol. The maximum Gasteiger partial charge on any atom is 0.338 e. The topological polar surface area (TPSA) is 43.4 Å². The molecule has 3 nitrogen and oxygen atoms in total. The SMILES string of the molecule is O=C(CCOC(=O)c1ccccc1)c1ccc2sc3ccccc3c2c1. The van der Waals surface area contributed by atoms with E-state index in [-0.39, 0.29) is 18.8 Å². The number of benzene rings is 3. The van der Waals surface area contributed by atoms with Crippen molar-refractivity contribution in [2.75, 3.05) is 6.61 Å². The molecule has 0 saturated heterocycles. The monoisotopic (exact) mass is 360 g/mol. The molecule has 0 aliphatic carbocycles. The zero-order chi connectivity index (χ0) is 17.9. The van der Waals surface area contributed by atoms with E-state index >= 15 is 0 Å². The van der Waals surface area contributed by atoms with Crippen LogP contribution in [-0.4, -0.2) is 18.4 Å². The number of ketones is 1. The molecule has 4 rings (SSSR count). The number of rotatable bonds is 5. The Morgan fingerprint density at radius 2 is 1.50 bits per heavy atom. The van der Waals surface area contributed by atoms with Gasteiger partial charge in [-0.3, -0.25) is 4.79 Å². The number of hydrogen-bond acceptors (Lipinski definition) is 4. The first-order valence-corrected chi connectivity index (χ1v) is 9.21. The highest BCUT2D eigenvalue weighted by Gasteiger charge is 2.12. The lowest BCUT2D eigenvalue weighted by atomic mass is 10.0. The number of esters is 1. The van der Waals surface area contributed by atoms with Crippen LogP contribution in [0.1, 0.15) is 27.1 Å². The van der Waals surface area contributed by atoms with Gasteiger partial charge in [-0.15, -0.1) is 11.3 Å². The van der Waals surface area contributed by atoms with Crippen molar-refractivity contribution >= 4 is 43.3 Å². The van der Waals surface area contributed by atoms with Crippen LogP contribution in [0, 0.1) is 0 Å². The Kier molecular flexibility index (Phi) is 4.50. The van der Waals surface area contributed by atoms with Crippen molar-refractivity contribution in [3.63, 3.8) is 0 Å². The molecule has 0 N–H and O–H groups in total. The highest BCUT2D eigenvalue weighted by Crippen LogP contribution is 2.34. The van der Waals surface area contributed by atoms with Crippen LogP contribution < -0.4 is 0 Å². The van der Waals surface area contributed by atoms with E-state index in [9.17, 15) is 9.59 Å². The van der Waals surface area contributed by atoms with E-state index in [1.165, 1.54) is 9.40 Å². The van der Waals surface area contributed by atoms with Crippen molar-refractivity contribution in [1.82, 2.24) is 0 Å². The maximum absolute atomic E-state index is 12.5. The molecule has 1 heterocycles. The van der Waals surface area contributed by atoms with Crippen LogP contribution in [0.15, 0.2) is 72.8 Å². The molecular formula is C22H16O3S. The van der Waals surface area contributed by atoms with E-state index in [1.807, 2.05) is 36.4 Å². The molecule has 0 spiro atoms. The van der Waals surface area contributed by atoms with E-state index < -0.39 is 5.97 Å². The van der Waals surface area contributed by atoms with Crippen LogP contribution in [0.2, 0.25) is 0 Å². The van der Waals surface area contributed by atoms with E-state index in [1.54, 1.807) is 35.6 Å². The molecule has 0 atom stereocenters. The van der Waals surface area contributed by atoms with Crippen molar-refractivity contribution in [2.24, 2.45) is 0 Å². The first-order chi connectivity index (χ1) is 12.7. The normalized spacial score (nSPS) is 10.9. The molecule has 3 aromatic carbocycles. The van der Waals surface area contributed by atoms with Gasteiger partial charge < -0.3 is 4.74 Å². The minimum absolute atomic E-state index is 0.0250. The molecule has 1 aromatic heterocycles. The van der Waals surface area contributed by atoms with E-state index in [0.717, 1.165) is 10.8 Å². The van der Waals surface area contributed by atoms with Gasteiger partial charge in [-0.1, -0.05) is 36.4 Å². The zero-order valence-electron chi connectivity index (χ0n) is 14.0. The summed E-state index contributed by atoms with van der Waals surface area (Å²) in [6.07, 6.45) is 0.173. The Bertz CT molecular complexity index is 1100. The summed E-state index contributed by atoms with van der Waals surface area (Å²) in [6, 6.07) is 22.7. The molecule has 0 unspecified atom stereocenters. The van der Waals surface area contributed by atoms with Crippen molar-refractivity contribution < 1.29 is 14.3 Å². The van der Waals surface area contributed by atoms with Crippen LogP contribution in [0.25, 0.3) is 20.2 Å². The second-order valence-corrected chi connectivity index (χ2v) is 7.07. The molecular weight excluding hydrogens is 344 g/mol. The van der Waals surface area contributed by atoms with Gasteiger partial charge in [-0.05, 0) is 36.4 Å². The lowest BCUT2D eigenvalue weighted by Crippen LogP contribution is -2.10. The second-order valence-electron chi connectivity index (χ2n) is 5.98. The minimum atomic E-state index is -0.405. The fourth-order valence-electron chi connectivity index (χ4n) is 2.94. The van der Waals surface area contributed by atoms with Gasteiger partial charge in [-0.2, -0.15) is 0 Å². The molecule has 0 amide bonds. The summed E-state index contributed by atoms with van der Waals surface area (Å²) in [5, 5.41) is 2.26. The summed E-state index contributed by atoms with van der Waals surface area (Å²) in [7, 11) is 0. The predicted molar refractivity (Wildman–Crippen MR) is 105 cm³/mol. The van der Waals surface area contributed by atoms with Gasteiger partial charge >= 0.3 is 5.97 Å². The average Bonchev–Trinajstić information content (AvgIpc) is 3.06. The third-order valence-electron chi connectivity index (χ3n) is 4.27.